The van der Waals surface area contributed by atoms with Crippen molar-refractivity contribution in [3.8, 4) is 0 Å². The number of carbonyl (C=O) groups excluding carboxylic acids is 2. The minimum atomic E-state index is -0.504. The number of carbonyl (C=O) groups is 2. The quantitative estimate of drug-likeness (QED) is 0.835. The first-order chi connectivity index (χ1) is 12.2. The van der Waals surface area contributed by atoms with Gasteiger partial charge in [-0.2, -0.15) is 0 Å². The van der Waals surface area contributed by atoms with Crippen LogP contribution in [-0.2, 0) is 9.53 Å². The summed E-state index contributed by atoms with van der Waals surface area (Å²) in [5.74, 6) is -0.0864. The number of amides is 2. The lowest BCUT2D eigenvalue weighted by Gasteiger charge is -2.35. The summed E-state index contributed by atoms with van der Waals surface area (Å²) in [4.78, 5) is 26.5. The van der Waals surface area contributed by atoms with E-state index in [1.165, 1.54) is 0 Å². The van der Waals surface area contributed by atoms with E-state index in [1.807, 2.05) is 39.8 Å². The lowest BCUT2D eigenvalue weighted by atomic mass is 10.0. The molecular weight excluding hydrogens is 354 g/mol. The molecule has 1 aromatic rings. The summed E-state index contributed by atoms with van der Waals surface area (Å²) in [7, 11) is 0. The van der Waals surface area contributed by atoms with E-state index >= 15 is 0 Å². The summed E-state index contributed by atoms with van der Waals surface area (Å²) in [6.07, 6.45) is 1.17. The molecule has 2 rings (SSSR count). The van der Waals surface area contributed by atoms with Crippen molar-refractivity contribution < 1.29 is 14.3 Å². The van der Waals surface area contributed by atoms with Gasteiger partial charge in [0.05, 0.1) is 16.8 Å². The number of alkyl carbamates (subject to hydrolysis) is 1. The maximum absolute atomic E-state index is 12.5. The van der Waals surface area contributed by atoms with Gasteiger partial charge in [-0.1, -0.05) is 23.7 Å². The lowest BCUT2D eigenvalue weighted by Crippen LogP contribution is -2.51. The van der Waals surface area contributed by atoms with Crippen molar-refractivity contribution in [2.75, 3.05) is 18.4 Å². The molecule has 7 heteroatoms. The number of ether oxygens (including phenoxy) is 1. The Bertz CT molecular complexity index is 637. The Balaban J connectivity index is 1.80. The number of hydrogen-bond donors (Lipinski definition) is 2. The Labute approximate surface area is 160 Å². The van der Waals surface area contributed by atoms with Crippen molar-refractivity contribution in [3.05, 3.63) is 29.3 Å². The fourth-order valence-electron chi connectivity index (χ4n) is 2.87. The highest BCUT2D eigenvalue weighted by atomic mass is 35.5. The van der Waals surface area contributed by atoms with Gasteiger partial charge in [0.15, 0.2) is 0 Å². The average Bonchev–Trinajstić information content (AvgIpc) is 2.55. The molecule has 1 aromatic carbocycles. The number of likely N-dealkylation sites (tertiary alicyclic amines) is 1. The van der Waals surface area contributed by atoms with Crippen molar-refractivity contribution in [2.24, 2.45) is 0 Å². The fraction of sp³-hybridized carbons (Fsp3) is 0.579. The summed E-state index contributed by atoms with van der Waals surface area (Å²) in [5.41, 5.74) is 0.114. The van der Waals surface area contributed by atoms with Gasteiger partial charge in [-0.15, -0.1) is 0 Å². The second-order valence-electron chi connectivity index (χ2n) is 7.60. The summed E-state index contributed by atoms with van der Waals surface area (Å²) >= 11 is 6.09. The third-order valence-corrected chi connectivity index (χ3v) is 4.64. The largest absolute Gasteiger partial charge is 0.444 e. The average molecular weight is 382 g/mol. The molecule has 26 heavy (non-hydrogen) atoms. The topological polar surface area (TPSA) is 70.7 Å². The monoisotopic (exact) mass is 381 g/mol. The van der Waals surface area contributed by atoms with Crippen LogP contribution in [0.25, 0.3) is 0 Å². The number of rotatable bonds is 4. The molecule has 0 spiro atoms. The molecule has 1 aliphatic rings. The predicted molar refractivity (Wildman–Crippen MR) is 104 cm³/mol. The summed E-state index contributed by atoms with van der Waals surface area (Å²) in [6, 6.07) is 6.98. The van der Waals surface area contributed by atoms with Crippen LogP contribution in [0.4, 0.5) is 10.5 Å². The standard InChI is InChI=1S/C19H28ClN3O3/c1-13(17(24)22-16-8-6-5-7-15(16)20)23-11-9-14(10-12-23)21-18(25)26-19(2,3)4/h5-8,13-14H,9-12H2,1-4H3,(H,21,25)(H,22,24)/t13-/m1/s1. The SMILES string of the molecule is C[C@H](C(=O)Nc1ccccc1Cl)N1CCC(NC(=O)OC(C)(C)C)CC1. The van der Waals surface area contributed by atoms with Crippen LogP contribution in [0.1, 0.15) is 40.5 Å². The smallest absolute Gasteiger partial charge is 0.407 e. The highest BCUT2D eigenvalue weighted by Crippen LogP contribution is 2.21. The van der Waals surface area contributed by atoms with Crippen LogP contribution in [0.3, 0.4) is 0 Å². The van der Waals surface area contributed by atoms with Gasteiger partial charge < -0.3 is 15.4 Å². The van der Waals surface area contributed by atoms with Crippen LogP contribution in [0, 0.1) is 0 Å². The van der Waals surface area contributed by atoms with Crippen LogP contribution in [0.15, 0.2) is 24.3 Å². The van der Waals surface area contributed by atoms with E-state index in [1.54, 1.807) is 12.1 Å². The molecule has 2 amide bonds. The van der Waals surface area contributed by atoms with Crippen molar-refractivity contribution in [3.63, 3.8) is 0 Å². The van der Waals surface area contributed by atoms with Crippen LogP contribution >= 0.6 is 11.6 Å². The van der Waals surface area contributed by atoms with E-state index in [4.69, 9.17) is 16.3 Å². The maximum Gasteiger partial charge on any atom is 0.407 e. The van der Waals surface area contributed by atoms with E-state index < -0.39 is 5.60 Å². The molecule has 0 saturated carbocycles. The molecule has 0 aliphatic carbocycles. The van der Waals surface area contributed by atoms with Crippen LogP contribution in [-0.4, -0.2) is 47.7 Å². The molecule has 0 bridgehead atoms. The Hall–Kier alpha value is -1.79. The second kappa shape index (κ2) is 8.73. The van der Waals surface area contributed by atoms with Gasteiger partial charge in [0.25, 0.3) is 0 Å². The van der Waals surface area contributed by atoms with Gasteiger partial charge in [0, 0.05) is 19.1 Å². The molecule has 0 aromatic heterocycles. The predicted octanol–water partition coefficient (Wildman–Crippen LogP) is 3.66. The first kappa shape index (κ1) is 20.5. The summed E-state index contributed by atoms with van der Waals surface area (Å²) in [6.45, 7) is 8.88. The normalized spacial score (nSPS) is 17.4. The molecule has 6 nitrogen and oxygen atoms in total. The molecule has 1 heterocycles. The highest BCUT2D eigenvalue weighted by molar-refractivity contribution is 6.33. The van der Waals surface area contributed by atoms with E-state index in [0.29, 0.717) is 10.7 Å². The molecule has 1 saturated heterocycles. The third-order valence-electron chi connectivity index (χ3n) is 4.31. The van der Waals surface area contributed by atoms with Crippen LogP contribution in [0.5, 0.6) is 0 Å². The number of nitrogens with one attached hydrogen (secondary N) is 2. The Morgan fingerprint density at radius 2 is 1.85 bits per heavy atom. The van der Waals surface area contributed by atoms with Gasteiger partial charge in [0.2, 0.25) is 5.91 Å². The maximum atomic E-state index is 12.5. The Morgan fingerprint density at radius 3 is 2.42 bits per heavy atom. The van der Waals surface area contributed by atoms with Crippen LogP contribution in [0.2, 0.25) is 5.02 Å². The fourth-order valence-corrected chi connectivity index (χ4v) is 3.05. The Kier molecular flexibility index (Phi) is 6.89. The number of hydrogen-bond acceptors (Lipinski definition) is 4. The van der Waals surface area contributed by atoms with E-state index in [9.17, 15) is 9.59 Å². The highest BCUT2D eigenvalue weighted by Gasteiger charge is 2.28. The number of para-hydroxylation sites is 1. The van der Waals surface area contributed by atoms with E-state index in [2.05, 4.69) is 15.5 Å². The van der Waals surface area contributed by atoms with Crippen LogP contribution < -0.4 is 10.6 Å². The zero-order valence-corrected chi connectivity index (χ0v) is 16.6. The van der Waals surface area contributed by atoms with Gasteiger partial charge in [0.1, 0.15) is 5.60 Å². The number of nitrogens with zero attached hydrogens (tertiary/aromatic N) is 1. The molecule has 2 N–H and O–H groups in total. The third kappa shape index (κ3) is 6.18. The first-order valence-corrected chi connectivity index (χ1v) is 9.32. The number of benzene rings is 1. The molecule has 0 unspecified atom stereocenters. The Morgan fingerprint density at radius 1 is 1.23 bits per heavy atom. The molecule has 1 atom stereocenters. The number of piperidine rings is 1. The zero-order valence-electron chi connectivity index (χ0n) is 15.8. The molecule has 1 fully saturated rings. The summed E-state index contributed by atoms with van der Waals surface area (Å²) in [5, 5.41) is 6.30. The van der Waals surface area contributed by atoms with Gasteiger partial charge >= 0.3 is 6.09 Å². The van der Waals surface area contributed by atoms with Gasteiger partial charge in [-0.25, -0.2) is 4.79 Å². The van der Waals surface area contributed by atoms with Crippen molar-refractivity contribution in [2.45, 2.75) is 58.2 Å². The first-order valence-electron chi connectivity index (χ1n) is 8.94. The van der Waals surface area contributed by atoms with E-state index in [0.717, 1.165) is 25.9 Å². The number of anilines is 1. The van der Waals surface area contributed by atoms with Crippen molar-refractivity contribution in [1.82, 2.24) is 10.2 Å². The van der Waals surface area contributed by atoms with Gasteiger partial charge in [-0.05, 0) is 52.7 Å². The number of halogens is 1. The lowest BCUT2D eigenvalue weighted by molar-refractivity contribution is -0.121. The van der Waals surface area contributed by atoms with Gasteiger partial charge in [-0.3, -0.25) is 9.69 Å². The van der Waals surface area contributed by atoms with E-state index in [-0.39, 0.29) is 24.1 Å². The molecule has 0 radical (unpaired) electrons. The zero-order chi connectivity index (χ0) is 19.3. The minimum Gasteiger partial charge on any atom is -0.444 e. The molecule has 144 valence electrons. The molecular formula is C19H28ClN3O3. The summed E-state index contributed by atoms with van der Waals surface area (Å²) < 4.78 is 5.29. The van der Waals surface area contributed by atoms with Crippen molar-refractivity contribution >= 4 is 29.3 Å². The molecule has 1 aliphatic heterocycles. The minimum absolute atomic E-state index is 0.0694. The van der Waals surface area contributed by atoms with Crippen molar-refractivity contribution in [1.29, 1.82) is 0 Å². The second-order valence-corrected chi connectivity index (χ2v) is 8.01.